The number of hydrogen-bond donors (Lipinski definition) is 2. The SMILES string of the molecule is CCOc1cc(Br)cc(B(O)O)c1F. The van der Waals surface area contributed by atoms with Crippen LogP contribution in [0, 0.1) is 5.82 Å². The van der Waals surface area contributed by atoms with Gasteiger partial charge in [-0.2, -0.15) is 0 Å². The Morgan fingerprint density at radius 3 is 2.64 bits per heavy atom. The first kappa shape index (κ1) is 11.5. The Kier molecular flexibility index (Phi) is 3.91. The Morgan fingerprint density at radius 2 is 2.14 bits per heavy atom. The van der Waals surface area contributed by atoms with Crippen LogP contribution in [0.1, 0.15) is 6.92 Å². The summed E-state index contributed by atoms with van der Waals surface area (Å²) < 4.78 is 18.9. The molecule has 6 heteroatoms. The molecule has 2 N–H and O–H groups in total. The van der Waals surface area contributed by atoms with Crippen molar-refractivity contribution in [1.82, 2.24) is 0 Å². The van der Waals surface area contributed by atoms with Crippen molar-refractivity contribution in [1.29, 1.82) is 0 Å². The predicted octanol–water partition coefficient (Wildman–Crippen LogP) is 0.667. The highest BCUT2D eigenvalue weighted by molar-refractivity contribution is 9.10. The Hall–Kier alpha value is -0.585. The van der Waals surface area contributed by atoms with Gasteiger partial charge >= 0.3 is 7.12 Å². The highest BCUT2D eigenvalue weighted by atomic mass is 79.9. The maximum absolute atomic E-state index is 13.4. The maximum Gasteiger partial charge on any atom is 0.491 e. The van der Waals surface area contributed by atoms with E-state index in [1.807, 2.05) is 0 Å². The van der Waals surface area contributed by atoms with E-state index in [-0.39, 0.29) is 11.2 Å². The zero-order chi connectivity index (χ0) is 10.7. The number of halogens is 2. The first-order chi connectivity index (χ1) is 6.56. The molecule has 0 aliphatic heterocycles. The van der Waals surface area contributed by atoms with Crippen molar-refractivity contribution in [2.24, 2.45) is 0 Å². The van der Waals surface area contributed by atoms with E-state index in [1.165, 1.54) is 12.1 Å². The van der Waals surface area contributed by atoms with Gasteiger partial charge in [-0.3, -0.25) is 0 Å². The summed E-state index contributed by atoms with van der Waals surface area (Å²) in [5.74, 6) is -0.741. The van der Waals surface area contributed by atoms with Crippen LogP contribution in [0.15, 0.2) is 16.6 Å². The summed E-state index contributed by atoms with van der Waals surface area (Å²) >= 11 is 3.12. The number of hydrogen-bond acceptors (Lipinski definition) is 3. The lowest BCUT2D eigenvalue weighted by atomic mass is 9.80. The molecule has 0 aliphatic carbocycles. The summed E-state index contributed by atoms with van der Waals surface area (Å²) in [6.07, 6.45) is 0. The third-order valence-corrected chi connectivity index (χ3v) is 2.07. The number of benzene rings is 1. The normalized spacial score (nSPS) is 10.1. The summed E-state index contributed by atoms with van der Waals surface area (Å²) in [7, 11) is -1.84. The molecule has 1 aromatic carbocycles. The summed E-state index contributed by atoms with van der Waals surface area (Å²) in [4.78, 5) is 0. The second-order valence-electron chi connectivity index (χ2n) is 2.61. The molecule has 0 radical (unpaired) electrons. The molecule has 0 spiro atoms. The highest BCUT2D eigenvalue weighted by Gasteiger charge is 2.20. The van der Waals surface area contributed by atoms with Crippen LogP contribution in [0.3, 0.4) is 0 Å². The van der Waals surface area contributed by atoms with Crippen LogP contribution in [0.5, 0.6) is 5.75 Å². The summed E-state index contributed by atoms with van der Waals surface area (Å²) in [6, 6.07) is 2.73. The Bertz CT molecular complexity index is 333. The molecule has 1 rings (SSSR count). The first-order valence-corrected chi connectivity index (χ1v) is 4.83. The van der Waals surface area contributed by atoms with E-state index in [0.717, 1.165) is 0 Å². The number of rotatable bonds is 3. The first-order valence-electron chi connectivity index (χ1n) is 4.04. The molecule has 0 aliphatic rings. The second-order valence-corrected chi connectivity index (χ2v) is 3.53. The average Bonchev–Trinajstić information content (AvgIpc) is 2.10. The van der Waals surface area contributed by atoms with Crippen LogP contribution in [0.25, 0.3) is 0 Å². The van der Waals surface area contributed by atoms with Gasteiger partial charge in [0.25, 0.3) is 0 Å². The molecule has 0 atom stereocenters. The van der Waals surface area contributed by atoms with Crippen LogP contribution in [-0.4, -0.2) is 23.8 Å². The molecule has 0 fully saturated rings. The van der Waals surface area contributed by atoms with Crippen molar-refractivity contribution >= 4 is 28.5 Å². The van der Waals surface area contributed by atoms with Crippen LogP contribution >= 0.6 is 15.9 Å². The van der Waals surface area contributed by atoms with Crippen LogP contribution < -0.4 is 10.2 Å². The lowest BCUT2D eigenvalue weighted by Crippen LogP contribution is -2.33. The standard InChI is InChI=1S/C8H9BBrFO3/c1-2-14-7-4-5(10)3-6(8(7)11)9(12)13/h3-4,12-13H,2H2,1H3. The van der Waals surface area contributed by atoms with Gasteiger partial charge in [0.2, 0.25) is 0 Å². The van der Waals surface area contributed by atoms with Gasteiger partial charge < -0.3 is 14.8 Å². The van der Waals surface area contributed by atoms with E-state index in [4.69, 9.17) is 14.8 Å². The monoisotopic (exact) mass is 262 g/mol. The molecule has 3 nitrogen and oxygen atoms in total. The second kappa shape index (κ2) is 4.77. The van der Waals surface area contributed by atoms with E-state index < -0.39 is 12.9 Å². The topological polar surface area (TPSA) is 49.7 Å². The van der Waals surface area contributed by atoms with E-state index in [1.54, 1.807) is 6.92 Å². The largest absolute Gasteiger partial charge is 0.491 e. The molecule has 0 amide bonds. The molecular weight excluding hydrogens is 254 g/mol. The zero-order valence-corrected chi connectivity index (χ0v) is 9.08. The van der Waals surface area contributed by atoms with Gasteiger partial charge in [-0.15, -0.1) is 0 Å². The van der Waals surface area contributed by atoms with E-state index in [0.29, 0.717) is 11.1 Å². The predicted molar refractivity (Wildman–Crippen MR) is 55.1 cm³/mol. The average molecular weight is 263 g/mol. The number of ether oxygens (including phenoxy) is 1. The van der Waals surface area contributed by atoms with Crippen molar-refractivity contribution in [3.8, 4) is 5.75 Å². The Labute approximate surface area is 89.8 Å². The molecule has 0 bridgehead atoms. The third kappa shape index (κ3) is 2.46. The minimum atomic E-state index is -1.84. The molecule has 0 saturated heterocycles. The van der Waals surface area contributed by atoms with Gasteiger partial charge in [-0.1, -0.05) is 15.9 Å². The Balaban J connectivity index is 3.18. The van der Waals surface area contributed by atoms with Gasteiger partial charge in [-0.25, -0.2) is 4.39 Å². The quantitative estimate of drug-likeness (QED) is 0.788. The fraction of sp³-hybridized carbons (Fsp3) is 0.250. The molecule has 14 heavy (non-hydrogen) atoms. The third-order valence-electron chi connectivity index (χ3n) is 1.61. The fourth-order valence-electron chi connectivity index (χ4n) is 1.03. The zero-order valence-electron chi connectivity index (χ0n) is 7.50. The van der Waals surface area contributed by atoms with Gasteiger partial charge in [0.15, 0.2) is 11.6 Å². The molecule has 76 valence electrons. The van der Waals surface area contributed by atoms with E-state index >= 15 is 0 Å². The molecule has 0 heterocycles. The minimum absolute atomic E-state index is 0.00461. The molecule has 0 aromatic heterocycles. The van der Waals surface area contributed by atoms with Crippen molar-refractivity contribution in [3.63, 3.8) is 0 Å². The highest BCUT2D eigenvalue weighted by Crippen LogP contribution is 2.21. The van der Waals surface area contributed by atoms with Crippen molar-refractivity contribution in [3.05, 3.63) is 22.4 Å². The van der Waals surface area contributed by atoms with Crippen molar-refractivity contribution < 1.29 is 19.2 Å². The van der Waals surface area contributed by atoms with Gasteiger partial charge in [0.1, 0.15) is 0 Å². The van der Waals surface area contributed by atoms with E-state index in [2.05, 4.69) is 15.9 Å². The van der Waals surface area contributed by atoms with Crippen LogP contribution in [0.4, 0.5) is 4.39 Å². The molecule has 1 aromatic rings. The van der Waals surface area contributed by atoms with Gasteiger partial charge in [0.05, 0.1) is 6.61 Å². The molecular formula is C8H9BBrFO3. The lowest BCUT2D eigenvalue weighted by molar-refractivity contribution is 0.321. The fourth-order valence-corrected chi connectivity index (χ4v) is 1.49. The summed E-state index contributed by atoms with van der Waals surface area (Å²) in [5.41, 5.74) is -0.206. The lowest BCUT2D eigenvalue weighted by Gasteiger charge is -2.09. The van der Waals surface area contributed by atoms with Crippen molar-refractivity contribution in [2.45, 2.75) is 6.92 Å². The van der Waals surface area contributed by atoms with Crippen LogP contribution in [0.2, 0.25) is 0 Å². The van der Waals surface area contributed by atoms with Gasteiger partial charge in [-0.05, 0) is 19.1 Å². The smallest absolute Gasteiger partial charge is 0.491 e. The maximum atomic E-state index is 13.4. The summed E-state index contributed by atoms with van der Waals surface area (Å²) in [5, 5.41) is 17.7. The minimum Gasteiger partial charge on any atom is -0.491 e. The van der Waals surface area contributed by atoms with Crippen LogP contribution in [-0.2, 0) is 0 Å². The van der Waals surface area contributed by atoms with Crippen molar-refractivity contribution in [2.75, 3.05) is 6.61 Å². The molecule has 0 saturated carbocycles. The summed E-state index contributed by atoms with van der Waals surface area (Å²) in [6.45, 7) is 2.03. The van der Waals surface area contributed by atoms with Gasteiger partial charge in [0, 0.05) is 9.94 Å². The molecule has 0 unspecified atom stereocenters. The Morgan fingerprint density at radius 1 is 1.50 bits per heavy atom. The van der Waals surface area contributed by atoms with E-state index in [9.17, 15) is 4.39 Å².